The Morgan fingerprint density at radius 3 is 2.71 bits per heavy atom. The van der Waals surface area contributed by atoms with Crippen LogP contribution in [0.2, 0.25) is 5.02 Å². The van der Waals surface area contributed by atoms with Gasteiger partial charge in [0.1, 0.15) is 5.82 Å². The maximum absolute atomic E-state index is 13.6. The van der Waals surface area contributed by atoms with E-state index in [1.807, 2.05) is 13.0 Å². The van der Waals surface area contributed by atoms with Crippen molar-refractivity contribution in [1.29, 1.82) is 0 Å². The molecule has 4 heteroatoms. The third-order valence-corrected chi connectivity index (χ3v) is 5.12. The van der Waals surface area contributed by atoms with Crippen LogP contribution in [0.25, 0.3) is 0 Å². The van der Waals surface area contributed by atoms with Gasteiger partial charge in [-0.15, -0.1) is 0 Å². The highest BCUT2D eigenvalue weighted by Gasteiger charge is 2.40. The molecule has 0 spiro atoms. The first-order valence-electron chi connectivity index (χ1n) is 7.81. The first-order valence-corrected chi connectivity index (χ1v) is 8.18. The number of hydrogen-bond donors (Lipinski definition) is 1. The molecule has 1 atom stereocenters. The fourth-order valence-electron chi connectivity index (χ4n) is 3.29. The van der Waals surface area contributed by atoms with Gasteiger partial charge in [0.15, 0.2) is 0 Å². The molecule has 1 saturated carbocycles. The van der Waals surface area contributed by atoms with Crippen LogP contribution in [-0.2, 0) is 11.2 Å². The van der Waals surface area contributed by atoms with Gasteiger partial charge in [-0.2, -0.15) is 0 Å². The first kappa shape index (κ1) is 16.7. The summed E-state index contributed by atoms with van der Waals surface area (Å²) >= 11 is 6.05. The van der Waals surface area contributed by atoms with Gasteiger partial charge in [0.05, 0.1) is 10.6 Å². The van der Waals surface area contributed by atoms with E-state index >= 15 is 0 Å². The fourth-order valence-corrected chi connectivity index (χ4v) is 3.49. The van der Waals surface area contributed by atoms with Gasteiger partial charge in [-0.25, -0.2) is 4.39 Å². The second kappa shape index (κ2) is 7.08. The summed E-state index contributed by atoms with van der Waals surface area (Å²) in [7, 11) is 0. The molecule has 1 aromatic carbocycles. The lowest BCUT2D eigenvalue weighted by Crippen LogP contribution is -2.53. The zero-order valence-electron chi connectivity index (χ0n) is 12.9. The Morgan fingerprint density at radius 1 is 1.43 bits per heavy atom. The van der Waals surface area contributed by atoms with Crippen LogP contribution in [0.4, 0.5) is 4.39 Å². The van der Waals surface area contributed by atoms with Crippen LogP contribution >= 0.6 is 11.6 Å². The van der Waals surface area contributed by atoms with Crippen LogP contribution in [0, 0.1) is 11.7 Å². The van der Waals surface area contributed by atoms with E-state index in [1.54, 1.807) is 6.07 Å². The minimum absolute atomic E-state index is 0.163. The number of hydrogen-bond acceptors (Lipinski definition) is 2. The normalized spacial score (nSPS) is 27.6. The molecule has 0 amide bonds. The molecule has 2 N–H and O–H groups in total. The highest BCUT2D eigenvalue weighted by molar-refractivity contribution is 6.31. The van der Waals surface area contributed by atoms with Gasteiger partial charge >= 0.3 is 0 Å². The smallest absolute Gasteiger partial charge is 0.142 e. The van der Waals surface area contributed by atoms with Crippen molar-refractivity contribution < 1.29 is 9.13 Å². The second-order valence-electron chi connectivity index (χ2n) is 6.20. The van der Waals surface area contributed by atoms with E-state index in [9.17, 15) is 4.39 Å². The minimum atomic E-state index is -0.385. The molecule has 21 heavy (non-hydrogen) atoms. The van der Waals surface area contributed by atoms with Gasteiger partial charge in [0.2, 0.25) is 0 Å². The number of rotatable bonds is 5. The fraction of sp³-hybridized carbons (Fsp3) is 0.647. The lowest BCUT2D eigenvalue weighted by molar-refractivity contribution is -0.0883. The topological polar surface area (TPSA) is 35.2 Å². The molecule has 1 aliphatic rings. The van der Waals surface area contributed by atoms with Crippen molar-refractivity contribution in [2.24, 2.45) is 11.7 Å². The Kier molecular flexibility index (Phi) is 5.64. The predicted molar refractivity (Wildman–Crippen MR) is 85.1 cm³/mol. The van der Waals surface area contributed by atoms with Crippen molar-refractivity contribution in [1.82, 2.24) is 0 Å². The van der Waals surface area contributed by atoms with Gasteiger partial charge in [-0.1, -0.05) is 30.7 Å². The van der Waals surface area contributed by atoms with E-state index in [-0.39, 0.29) is 22.5 Å². The number of halogens is 2. The number of benzene rings is 1. The van der Waals surface area contributed by atoms with E-state index < -0.39 is 0 Å². The monoisotopic (exact) mass is 313 g/mol. The van der Waals surface area contributed by atoms with E-state index in [0.717, 1.165) is 37.2 Å². The molecule has 118 valence electrons. The average molecular weight is 314 g/mol. The van der Waals surface area contributed by atoms with Crippen LogP contribution < -0.4 is 5.73 Å². The van der Waals surface area contributed by atoms with Crippen molar-refractivity contribution in [2.45, 2.75) is 57.6 Å². The standard InChI is InChI=1S/C17H25ClFNO/c1-3-21-17(9-7-12(2)8-10-17)15(20)11-13-5-4-6-14(19)16(13)18/h4-6,12,15H,3,7-11,20H2,1-2H3. The Labute approximate surface area is 131 Å². The number of nitrogens with two attached hydrogens (primary N) is 1. The Balaban J connectivity index is 2.15. The largest absolute Gasteiger partial charge is 0.374 e. The molecule has 2 nitrogen and oxygen atoms in total. The summed E-state index contributed by atoms with van der Waals surface area (Å²) in [4.78, 5) is 0. The molecule has 1 aliphatic carbocycles. The van der Waals surface area contributed by atoms with Gasteiger partial charge in [0.25, 0.3) is 0 Å². The molecule has 0 bridgehead atoms. The summed E-state index contributed by atoms with van der Waals surface area (Å²) in [6.45, 7) is 4.92. The van der Waals surface area contributed by atoms with Crippen LogP contribution in [0.3, 0.4) is 0 Å². The SMILES string of the molecule is CCOC1(C(N)Cc2cccc(F)c2Cl)CCC(C)CC1. The van der Waals surface area contributed by atoms with E-state index in [2.05, 4.69) is 6.92 Å². The van der Waals surface area contributed by atoms with E-state index in [1.165, 1.54) is 6.07 Å². The van der Waals surface area contributed by atoms with Crippen LogP contribution in [-0.4, -0.2) is 18.2 Å². The molecule has 0 aliphatic heterocycles. The zero-order chi connectivity index (χ0) is 15.5. The highest BCUT2D eigenvalue weighted by Crippen LogP contribution is 2.38. The predicted octanol–water partition coefficient (Wildman–Crippen LogP) is 4.33. The molecule has 0 aromatic heterocycles. The average Bonchev–Trinajstić information content (AvgIpc) is 2.46. The van der Waals surface area contributed by atoms with Crippen molar-refractivity contribution >= 4 is 11.6 Å². The Hall–Kier alpha value is -0.640. The minimum Gasteiger partial charge on any atom is -0.374 e. The summed E-state index contributed by atoms with van der Waals surface area (Å²) in [6, 6.07) is 4.73. The highest BCUT2D eigenvalue weighted by atomic mass is 35.5. The van der Waals surface area contributed by atoms with E-state index in [4.69, 9.17) is 22.1 Å². The first-order chi connectivity index (χ1) is 9.98. The lowest BCUT2D eigenvalue weighted by Gasteiger charge is -2.43. The second-order valence-corrected chi connectivity index (χ2v) is 6.58. The van der Waals surface area contributed by atoms with Crippen molar-refractivity contribution in [2.75, 3.05) is 6.61 Å². The molecular formula is C17H25ClFNO. The molecule has 0 saturated heterocycles. The van der Waals surface area contributed by atoms with Crippen molar-refractivity contribution in [3.8, 4) is 0 Å². The van der Waals surface area contributed by atoms with Crippen molar-refractivity contribution in [3.63, 3.8) is 0 Å². The Morgan fingerprint density at radius 2 is 2.10 bits per heavy atom. The molecule has 2 rings (SSSR count). The molecular weight excluding hydrogens is 289 g/mol. The van der Waals surface area contributed by atoms with Gasteiger partial charge in [0, 0.05) is 12.6 Å². The summed E-state index contributed by atoms with van der Waals surface area (Å²) in [5.74, 6) is 0.340. The molecule has 0 heterocycles. The van der Waals surface area contributed by atoms with Crippen LogP contribution in [0.5, 0.6) is 0 Å². The molecule has 0 radical (unpaired) electrons. The Bertz CT molecular complexity index is 472. The van der Waals surface area contributed by atoms with E-state index in [0.29, 0.717) is 13.0 Å². The molecule has 1 fully saturated rings. The third-order valence-electron chi connectivity index (χ3n) is 4.70. The quantitative estimate of drug-likeness (QED) is 0.878. The summed E-state index contributed by atoms with van der Waals surface area (Å²) < 4.78 is 19.6. The summed E-state index contributed by atoms with van der Waals surface area (Å²) in [5, 5.41) is 0.184. The van der Waals surface area contributed by atoms with Crippen molar-refractivity contribution in [3.05, 3.63) is 34.6 Å². The maximum atomic E-state index is 13.6. The zero-order valence-corrected chi connectivity index (χ0v) is 13.6. The van der Waals surface area contributed by atoms with Crippen LogP contribution in [0.15, 0.2) is 18.2 Å². The maximum Gasteiger partial charge on any atom is 0.142 e. The summed E-state index contributed by atoms with van der Waals surface area (Å²) in [5.41, 5.74) is 6.93. The number of ether oxygens (including phenoxy) is 1. The molecule has 1 unspecified atom stereocenters. The van der Waals surface area contributed by atoms with Gasteiger partial charge in [-0.05, 0) is 56.6 Å². The third kappa shape index (κ3) is 3.77. The lowest BCUT2D eigenvalue weighted by atomic mass is 9.74. The molecule has 1 aromatic rings. The summed E-state index contributed by atoms with van der Waals surface area (Å²) in [6.07, 6.45) is 4.74. The van der Waals surface area contributed by atoms with Gasteiger partial charge < -0.3 is 10.5 Å². The van der Waals surface area contributed by atoms with Gasteiger partial charge in [-0.3, -0.25) is 0 Å². The van der Waals surface area contributed by atoms with Crippen LogP contribution in [0.1, 0.15) is 45.1 Å².